The van der Waals surface area contributed by atoms with Gasteiger partial charge in [0, 0.05) is 17.7 Å². The average Bonchev–Trinajstić information content (AvgIpc) is 3.15. The van der Waals surface area contributed by atoms with Crippen molar-refractivity contribution in [3.63, 3.8) is 0 Å². The van der Waals surface area contributed by atoms with E-state index < -0.39 is 11.5 Å². The number of anilines is 1. The largest absolute Gasteiger partial charge is 0.390 e. The van der Waals surface area contributed by atoms with Gasteiger partial charge in [0.15, 0.2) is 0 Å². The maximum absolute atomic E-state index is 12.5. The second-order valence-corrected chi connectivity index (χ2v) is 9.34. The predicted octanol–water partition coefficient (Wildman–Crippen LogP) is 3.34. The average molecular weight is 462 g/mol. The van der Waals surface area contributed by atoms with E-state index in [2.05, 4.69) is 10.4 Å². The lowest BCUT2D eigenvalue weighted by atomic mass is 9.84. The molecule has 8 nitrogen and oxygen atoms in total. The van der Waals surface area contributed by atoms with Gasteiger partial charge in [-0.25, -0.2) is 4.68 Å². The summed E-state index contributed by atoms with van der Waals surface area (Å²) in [6, 6.07) is 14.9. The Balaban J connectivity index is 1.52. The van der Waals surface area contributed by atoms with E-state index in [9.17, 15) is 14.7 Å². The zero-order chi connectivity index (χ0) is 24.5. The number of aromatic nitrogens is 2. The highest BCUT2D eigenvalue weighted by Gasteiger charge is 2.32. The Hall–Kier alpha value is -3.65. The molecule has 0 atom stereocenters. The van der Waals surface area contributed by atoms with Crippen LogP contribution in [0.5, 0.6) is 0 Å². The van der Waals surface area contributed by atoms with Gasteiger partial charge in [0.25, 0.3) is 11.8 Å². The molecule has 1 fully saturated rings. The van der Waals surface area contributed by atoms with Crippen molar-refractivity contribution in [2.24, 2.45) is 5.73 Å². The van der Waals surface area contributed by atoms with Crippen molar-refractivity contribution in [3.8, 4) is 11.3 Å². The van der Waals surface area contributed by atoms with Gasteiger partial charge in [0.2, 0.25) is 0 Å². The van der Waals surface area contributed by atoms with Crippen LogP contribution in [0.2, 0.25) is 0 Å². The molecule has 1 aliphatic rings. The Morgan fingerprint density at radius 3 is 2.41 bits per heavy atom. The SMILES string of the molecule is Cc1ccccc1C(=O)NCc1ccc(-c2nn(C3CCC(C)(O)CC3)c(N)c2C(N)=O)cc1. The molecule has 1 saturated carbocycles. The summed E-state index contributed by atoms with van der Waals surface area (Å²) in [5.41, 5.74) is 15.1. The number of carbonyl (C=O) groups excluding carboxylic acids is 2. The molecule has 2 aromatic carbocycles. The minimum atomic E-state index is -0.682. The minimum Gasteiger partial charge on any atom is -0.390 e. The van der Waals surface area contributed by atoms with Gasteiger partial charge in [-0.1, -0.05) is 42.5 Å². The molecule has 0 radical (unpaired) electrons. The van der Waals surface area contributed by atoms with Gasteiger partial charge in [-0.2, -0.15) is 5.10 Å². The van der Waals surface area contributed by atoms with Gasteiger partial charge in [-0.15, -0.1) is 0 Å². The molecule has 178 valence electrons. The number of benzene rings is 2. The fourth-order valence-electron chi connectivity index (χ4n) is 4.53. The van der Waals surface area contributed by atoms with Gasteiger partial charge in [0.1, 0.15) is 17.1 Å². The first-order chi connectivity index (χ1) is 16.2. The topological polar surface area (TPSA) is 136 Å². The van der Waals surface area contributed by atoms with Crippen molar-refractivity contribution in [2.45, 2.75) is 57.7 Å². The van der Waals surface area contributed by atoms with Crippen LogP contribution >= 0.6 is 0 Å². The van der Waals surface area contributed by atoms with E-state index in [1.165, 1.54) is 0 Å². The Labute approximate surface area is 199 Å². The van der Waals surface area contributed by atoms with E-state index in [0.29, 0.717) is 30.6 Å². The van der Waals surface area contributed by atoms with Crippen molar-refractivity contribution >= 4 is 17.6 Å². The number of hydrogen-bond acceptors (Lipinski definition) is 5. The van der Waals surface area contributed by atoms with Crippen LogP contribution in [0.25, 0.3) is 11.3 Å². The Bertz CT molecular complexity index is 1200. The van der Waals surface area contributed by atoms with Crippen molar-refractivity contribution in [2.75, 3.05) is 5.73 Å². The Morgan fingerprint density at radius 1 is 1.15 bits per heavy atom. The summed E-state index contributed by atoms with van der Waals surface area (Å²) in [4.78, 5) is 24.7. The van der Waals surface area contributed by atoms with E-state index in [1.807, 2.05) is 56.3 Å². The number of nitrogens with zero attached hydrogens (tertiary/aromatic N) is 2. The molecule has 1 heterocycles. The van der Waals surface area contributed by atoms with Crippen LogP contribution in [-0.2, 0) is 6.54 Å². The van der Waals surface area contributed by atoms with Crippen molar-refractivity contribution < 1.29 is 14.7 Å². The van der Waals surface area contributed by atoms with E-state index in [4.69, 9.17) is 11.5 Å². The molecule has 1 aromatic heterocycles. The number of rotatable bonds is 6. The predicted molar refractivity (Wildman–Crippen MR) is 131 cm³/mol. The highest BCUT2D eigenvalue weighted by molar-refractivity contribution is 6.03. The number of nitrogens with two attached hydrogens (primary N) is 2. The normalized spacial score (nSPS) is 20.1. The van der Waals surface area contributed by atoms with E-state index in [1.54, 1.807) is 10.7 Å². The number of amides is 2. The van der Waals surface area contributed by atoms with Crippen LogP contribution in [0.15, 0.2) is 48.5 Å². The molecule has 0 unspecified atom stereocenters. The quantitative estimate of drug-likeness (QED) is 0.446. The first-order valence-corrected chi connectivity index (χ1v) is 11.5. The van der Waals surface area contributed by atoms with Crippen LogP contribution in [0.3, 0.4) is 0 Å². The second-order valence-electron chi connectivity index (χ2n) is 9.34. The summed E-state index contributed by atoms with van der Waals surface area (Å²) in [5, 5.41) is 17.9. The summed E-state index contributed by atoms with van der Waals surface area (Å²) in [6.45, 7) is 4.11. The van der Waals surface area contributed by atoms with Crippen LogP contribution in [-0.4, -0.2) is 32.3 Å². The molecule has 8 heteroatoms. The molecule has 0 bridgehead atoms. The Morgan fingerprint density at radius 2 is 1.79 bits per heavy atom. The smallest absolute Gasteiger partial charge is 0.254 e. The maximum atomic E-state index is 12.5. The number of nitrogen functional groups attached to an aromatic ring is 1. The summed E-state index contributed by atoms with van der Waals surface area (Å²) < 4.78 is 1.68. The molecule has 0 aliphatic heterocycles. The number of aryl methyl sites for hydroxylation is 1. The molecule has 34 heavy (non-hydrogen) atoms. The summed E-state index contributed by atoms with van der Waals surface area (Å²) >= 11 is 0. The number of primary amides is 1. The van der Waals surface area contributed by atoms with Gasteiger partial charge in [-0.3, -0.25) is 9.59 Å². The number of carbonyl (C=O) groups is 2. The first-order valence-electron chi connectivity index (χ1n) is 11.5. The fourth-order valence-corrected chi connectivity index (χ4v) is 4.53. The maximum Gasteiger partial charge on any atom is 0.254 e. The lowest BCUT2D eigenvalue weighted by molar-refractivity contribution is 0.00879. The fraction of sp³-hybridized carbons (Fsp3) is 0.346. The van der Waals surface area contributed by atoms with E-state index >= 15 is 0 Å². The highest BCUT2D eigenvalue weighted by atomic mass is 16.3. The van der Waals surface area contributed by atoms with Crippen molar-refractivity contribution in [1.82, 2.24) is 15.1 Å². The lowest BCUT2D eigenvalue weighted by Gasteiger charge is -2.33. The molecule has 2 amide bonds. The first kappa shape index (κ1) is 23.5. The summed E-state index contributed by atoms with van der Waals surface area (Å²) in [5.74, 6) is -0.504. The molecule has 0 saturated heterocycles. The van der Waals surface area contributed by atoms with Crippen LogP contribution in [0.4, 0.5) is 5.82 Å². The molecule has 6 N–H and O–H groups in total. The van der Waals surface area contributed by atoms with Crippen molar-refractivity contribution in [3.05, 3.63) is 70.8 Å². The van der Waals surface area contributed by atoms with E-state index in [-0.39, 0.29) is 23.3 Å². The Kier molecular flexibility index (Phi) is 6.43. The zero-order valence-corrected chi connectivity index (χ0v) is 19.5. The molecule has 1 aliphatic carbocycles. The second kappa shape index (κ2) is 9.30. The third-order valence-electron chi connectivity index (χ3n) is 6.64. The number of hydrogen-bond donors (Lipinski definition) is 4. The summed E-state index contributed by atoms with van der Waals surface area (Å²) in [6.07, 6.45) is 2.72. The van der Waals surface area contributed by atoms with Gasteiger partial charge >= 0.3 is 0 Å². The van der Waals surface area contributed by atoms with Gasteiger partial charge in [-0.05, 0) is 56.7 Å². The number of aliphatic hydroxyl groups is 1. The van der Waals surface area contributed by atoms with E-state index in [0.717, 1.165) is 29.5 Å². The zero-order valence-electron chi connectivity index (χ0n) is 19.5. The third-order valence-corrected chi connectivity index (χ3v) is 6.64. The van der Waals surface area contributed by atoms with Gasteiger partial charge in [0.05, 0.1) is 11.6 Å². The molecule has 0 spiro atoms. The lowest BCUT2D eigenvalue weighted by Crippen LogP contribution is -2.32. The molecule has 4 rings (SSSR count). The monoisotopic (exact) mass is 461 g/mol. The van der Waals surface area contributed by atoms with Gasteiger partial charge < -0.3 is 21.9 Å². The molecular formula is C26H31N5O3. The van der Waals surface area contributed by atoms with Crippen molar-refractivity contribution in [1.29, 1.82) is 0 Å². The minimum absolute atomic E-state index is 0.00278. The standard InChI is InChI=1S/C26H31N5O3/c1-16-5-3-4-6-20(16)25(33)29-15-17-7-9-18(10-8-17)22-21(24(28)32)23(27)31(30-22)19-11-13-26(2,34)14-12-19/h3-10,19,34H,11-15,27H2,1-2H3,(H2,28,32)(H,29,33). The molecule has 3 aromatic rings. The summed E-state index contributed by atoms with van der Waals surface area (Å²) in [7, 11) is 0. The molecular weight excluding hydrogens is 430 g/mol. The highest BCUT2D eigenvalue weighted by Crippen LogP contribution is 2.38. The van der Waals surface area contributed by atoms with Crippen LogP contribution < -0.4 is 16.8 Å². The number of nitrogens with one attached hydrogen (secondary N) is 1. The van der Waals surface area contributed by atoms with Crippen LogP contribution in [0.1, 0.15) is 70.5 Å². The third kappa shape index (κ3) is 4.82. The van der Waals surface area contributed by atoms with Crippen LogP contribution in [0, 0.1) is 6.92 Å².